The standard InChI is InChI=1S/C8H11NO/c1-3-7-4-8(10)9-5-6(7)2/h4-5H,3H2,1-2H3,(H,9,10). The minimum atomic E-state index is -0.0116. The molecule has 54 valence electrons. The van der Waals surface area contributed by atoms with E-state index in [0.717, 1.165) is 17.5 Å². The van der Waals surface area contributed by atoms with Crippen LogP contribution in [0.25, 0.3) is 0 Å². The van der Waals surface area contributed by atoms with E-state index in [0.29, 0.717) is 0 Å². The van der Waals surface area contributed by atoms with E-state index in [1.807, 2.05) is 13.8 Å². The van der Waals surface area contributed by atoms with Crippen molar-refractivity contribution >= 4 is 0 Å². The summed E-state index contributed by atoms with van der Waals surface area (Å²) in [6.07, 6.45) is 2.68. The summed E-state index contributed by atoms with van der Waals surface area (Å²) in [5.74, 6) is 0. The lowest BCUT2D eigenvalue weighted by molar-refractivity contribution is 1.06. The van der Waals surface area contributed by atoms with Gasteiger partial charge in [-0.05, 0) is 24.5 Å². The van der Waals surface area contributed by atoms with E-state index in [1.54, 1.807) is 12.3 Å². The third kappa shape index (κ3) is 1.26. The lowest BCUT2D eigenvalue weighted by atomic mass is 10.1. The molecule has 1 aromatic rings. The van der Waals surface area contributed by atoms with Gasteiger partial charge in [0.2, 0.25) is 5.56 Å². The van der Waals surface area contributed by atoms with Gasteiger partial charge in [0.15, 0.2) is 0 Å². The zero-order valence-electron chi connectivity index (χ0n) is 6.27. The minimum Gasteiger partial charge on any atom is -0.329 e. The van der Waals surface area contributed by atoms with Crippen LogP contribution in [0.2, 0.25) is 0 Å². The monoisotopic (exact) mass is 137 g/mol. The molecule has 0 saturated carbocycles. The molecule has 1 rings (SSSR count). The molecule has 0 unspecified atom stereocenters. The van der Waals surface area contributed by atoms with Crippen LogP contribution < -0.4 is 5.56 Å². The van der Waals surface area contributed by atoms with Crippen molar-refractivity contribution in [3.8, 4) is 0 Å². The summed E-state index contributed by atoms with van der Waals surface area (Å²) in [5.41, 5.74) is 2.27. The highest BCUT2D eigenvalue weighted by molar-refractivity contribution is 5.20. The van der Waals surface area contributed by atoms with Gasteiger partial charge in [-0.1, -0.05) is 6.92 Å². The predicted molar refractivity (Wildman–Crippen MR) is 41.2 cm³/mol. The van der Waals surface area contributed by atoms with Gasteiger partial charge in [-0.25, -0.2) is 0 Å². The summed E-state index contributed by atoms with van der Waals surface area (Å²) in [4.78, 5) is 13.4. The molecule has 0 aliphatic rings. The van der Waals surface area contributed by atoms with Crippen LogP contribution in [0.3, 0.4) is 0 Å². The van der Waals surface area contributed by atoms with E-state index < -0.39 is 0 Å². The number of hydrogen-bond acceptors (Lipinski definition) is 1. The highest BCUT2D eigenvalue weighted by Crippen LogP contribution is 2.01. The molecule has 2 heteroatoms. The molecule has 0 bridgehead atoms. The number of aromatic amines is 1. The van der Waals surface area contributed by atoms with E-state index in [9.17, 15) is 4.79 Å². The van der Waals surface area contributed by atoms with Crippen molar-refractivity contribution in [2.75, 3.05) is 0 Å². The zero-order chi connectivity index (χ0) is 7.56. The number of rotatable bonds is 1. The van der Waals surface area contributed by atoms with Crippen LogP contribution in [0.15, 0.2) is 17.1 Å². The largest absolute Gasteiger partial charge is 0.329 e. The summed E-state index contributed by atoms with van der Waals surface area (Å²) >= 11 is 0. The van der Waals surface area contributed by atoms with Crippen LogP contribution >= 0.6 is 0 Å². The van der Waals surface area contributed by atoms with Crippen molar-refractivity contribution in [2.45, 2.75) is 20.3 Å². The maximum absolute atomic E-state index is 10.7. The first-order chi connectivity index (χ1) is 4.74. The van der Waals surface area contributed by atoms with E-state index in [1.165, 1.54) is 0 Å². The highest BCUT2D eigenvalue weighted by atomic mass is 16.1. The Labute approximate surface area is 59.9 Å². The maximum atomic E-state index is 10.7. The number of aromatic nitrogens is 1. The first kappa shape index (κ1) is 7.06. The Morgan fingerprint density at radius 2 is 2.30 bits per heavy atom. The predicted octanol–water partition coefficient (Wildman–Crippen LogP) is 1.25. The van der Waals surface area contributed by atoms with E-state index in [-0.39, 0.29) is 5.56 Å². The number of aryl methyl sites for hydroxylation is 2. The van der Waals surface area contributed by atoms with Crippen molar-refractivity contribution in [1.29, 1.82) is 0 Å². The Balaban J connectivity index is 3.22. The first-order valence-corrected chi connectivity index (χ1v) is 3.42. The average Bonchev–Trinajstić information content (AvgIpc) is 1.94. The number of nitrogens with one attached hydrogen (secondary N) is 1. The van der Waals surface area contributed by atoms with Crippen molar-refractivity contribution in [3.63, 3.8) is 0 Å². The van der Waals surface area contributed by atoms with Crippen LogP contribution in [0.1, 0.15) is 18.1 Å². The average molecular weight is 137 g/mol. The summed E-state index contributed by atoms with van der Waals surface area (Å²) in [7, 11) is 0. The first-order valence-electron chi connectivity index (χ1n) is 3.42. The van der Waals surface area contributed by atoms with Gasteiger partial charge >= 0.3 is 0 Å². The van der Waals surface area contributed by atoms with Gasteiger partial charge in [-0.15, -0.1) is 0 Å². The molecule has 2 nitrogen and oxygen atoms in total. The summed E-state index contributed by atoms with van der Waals surface area (Å²) in [6.45, 7) is 4.04. The highest BCUT2D eigenvalue weighted by Gasteiger charge is 1.93. The molecule has 1 aromatic heterocycles. The van der Waals surface area contributed by atoms with E-state index in [4.69, 9.17) is 0 Å². The fourth-order valence-electron chi connectivity index (χ4n) is 0.967. The lowest BCUT2D eigenvalue weighted by Gasteiger charge is -1.98. The smallest absolute Gasteiger partial charge is 0.248 e. The van der Waals surface area contributed by atoms with Gasteiger partial charge in [0.05, 0.1) is 0 Å². The van der Waals surface area contributed by atoms with Crippen molar-refractivity contribution in [1.82, 2.24) is 4.98 Å². The second kappa shape index (κ2) is 2.69. The zero-order valence-corrected chi connectivity index (χ0v) is 6.27. The lowest BCUT2D eigenvalue weighted by Crippen LogP contribution is -2.05. The molecule has 0 atom stereocenters. The number of H-pyrrole nitrogens is 1. The van der Waals surface area contributed by atoms with Crippen molar-refractivity contribution in [2.24, 2.45) is 0 Å². The second-order valence-electron chi connectivity index (χ2n) is 2.36. The van der Waals surface area contributed by atoms with Crippen molar-refractivity contribution < 1.29 is 0 Å². The second-order valence-corrected chi connectivity index (χ2v) is 2.36. The molecule has 0 aliphatic heterocycles. The van der Waals surface area contributed by atoms with Crippen LogP contribution in [0, 0.1) is 6.92 Å². The third-order valence-corrected chi connectivity index (χ3v) is 1.62. The SMILES string of the molecule is CCc1cc(=O)[nH]cc1C. The quantitative estimate of drug-likeness (QED) is 0.620. The molecule has 0 radical (unpaired) electrons. The van der Waals surface area contributed by atoms with Gasteiger partial charge < -0.3 is 4.98 Å². The normalized spacial score (nSPS) is 9.80. The molecule has 1 N–H and O–H groups in total. The number of hydrogen-bond donors (Lipinski definition) is 1. The fourth-order valence-corrected chi connectivity index (χ4v) is 0.967. The Hall–Kier alpha value is -1.05. The van der Waals surface area contributed by atoms with E-state index in [2.05, 4.69) is 4.98 Å². The Morgan fingerprint density at radius 1 is 1.60 bits per heavy atom. The Kier molecular flexibility index (Phi) is 1.90. The fraction of sp³-hybridized carbons (Fsp3) is 0.375. The maximum Gasteiger partial charge on any atom is 0.248 e. The van der Waals surface area contributed by atoms with Gasteiger partial charge in [0, 0.05) is 12.3 Å². The Morgan fingerprint density at radius 3 is 2.80 bits per heavy atom. The molecule has 0 spiro atoms. The summed E-state index contributed by atoms with van der Waals surface area (Å²) in [5, 5.41) is 0. The van der Waals surface area contributed by atoms with Gasteiger partial charge in [-0.2, -0.15) is 0 Å². The molecular weight excluding hydrogens is 126 g/mol. The van der Waals surface area contributed by atoms with Gasteiger partial charge in [0.1, 0.15) is 0 Å². The molecule has 10 heavy (non-hydrogen) atoms. The van der Waals surface area contributed by atoms with Gasteiger partial charge in [0.25, 0.3) is 0 Å². The topological polar surface area (TPSA) is 32.9 Å². The summed E-state index contributed by atoms with van der Waals surface area (Å²) in [6, 6.07) is 1.65. The van der Waals surface area contributed by atoms with Crippen molar-refractivity contribution in [3.05, 3.63) is 33.7 Å². The van der Waals surface area contributed by atoms with Crippen LogP contribution in [0.5, 0.6) is 0 Å². The minimum absolute atomic E-state index is 0.0116. The number of pyridine rings is 1. The van der Waals surface area contributed by atoms with E-state index >= 15 is 0 Å². The molecule has 0 aromatic carbocycles. The summed E-state index contributed by atoms with van der Waals surface area (Å²) < 4.78 is 0. The molecule has 0 fully saturated rings. The third-order valence-electron chi connectivity index (χ3n) is 1.62. The Bertz CT molecular complexity index is 275. The van der Waals surface area contributed by atoms with Crippen LogP contribution in [-0.2, 0) is 6.42 Å². The molecule has 0 aliphatic carbocycles. The molecular formula is C8H11NO. The van der Waals surface area contributed by atoms with Gasteiger partial charge in [-0.3, -0.25) is 4.79 Å². The van der Waals surface area contributed by atoms with Crippen LogP contribution in [-0.4, -0.2) is 4.98 Å². The van der Waals surface area contributed by atoms with Crippen LogP contribution in [0.4, 0.5) is 0 Å². The molecule has 0 saturated heterocycles. The molecule has 0 amide bonds. The molecule has 1 heterocycles.